The monoisotopic (exact) mass is 381 g/mol. The zero-order valence-electron chi connectivity index (χ0n) is 15.5. The molecule has 1 saturated heterocycles. The summed E-state index contributed by atoms with van der Waals surface area (Å²) in [4.78, 5) is 29.9. The topological polar surface area (TPSA) is 87.6 Å². The molecule has 2 heterocycles. The fraction of sp³-hybridized carbons (Fsp3) is 0.333. The number of carbonyl (C=O) groups excluding carboxylic acids is 1. The molecule has 2 N–H and O–H groups in total. The van der Waals surface area contributed by atoms with Gasteiger partial charge in [0.2, 0.25) is 5.91 Å². The third-order valence-electron chi connectivity index (χ3n) is 5.22. The van der Waals surface area contributed by atoms with Crippen LogP contribution < -0.4 is 5.69 Å². The average Bonchev–Trinajstić information content (AvgIpc) is 3.07. The number of aromatic amines is 1. The molecule has 2 aromatic carbocycles. The second kappa shape index (κ2) is 8.00. The number of carbonyl (C=O) groups is 1. The molecule has 7 nitrogen and oxygen atoms in total. The summed E-state index contributed by atoms with van der Waals surface area (Å²) in [6.45, 7) is 0.973. The van der Waals surface area contributed by atoms with E-state index in [1.807, 2.05) is 54.6 Å². The number of H-pyrrole nitrogens is 1. The largest absolute Gasteiger partial charge is 0.394 e. The van der Waals surface area contributed by atoms with Gasteiger partial charge in [-0.1, -0.05) is 42.5 Å². The number of amides is 1. The fourth-order valence-corrected chi connectivity index (χ4v) is 3.89. The van der Waals surface area contributed by atoms with E-state index < -0.39 is 6.10 Å². The summed E-state index contributed by atoms with van der Waals surface area (Å²) in [6.07, 6.45) is -0.264. The molecule has 28 heavy (non-hydrogen) atoms. The van der Waals surface area contributed by atoms with Crippen LogP contribution in [0.5, 0.6) is 0 Å². The number of para-hydroxylation sites is 2. The molecular weight excluding hydrogens is 358 g/mol. The predicted molar refractivity (Wildman–Crippen MR) is 105 cm³/mol. The molecule has 3 aromatic rings. The second-order valence-electron chi connectivity index (χ2n) is 6.88. The van der Waals surface area contributed by atoms with E-state index in [1.54, 1.807) is 9.47 Å². The summed E-state index contributed by atoms with van der Waals surface area (Å²) < 4.78 is 7.29. The number of morpholine rings is 1. The van der Waals surface area contributed by atoms with Crippen LogP contribution in [0.4, 0.5) is 0 Å². The Balaban J connectivity index is 1.55. The summed E-state index contributed by atoms with van der Waals surface area (Å²) in [7, 11) is 0. The number of ether oxygens (including phenoxy) is 1. The van der Waals surface area contributed by atoms with Crippen molar-refractivity contribution >= 4 is 16.9 Å². The molecule has 0 aliphatic carbocycles. The quantitative estimate of drug-likeness (QED) is 0.704. The zero-order chi connectivity index (χ0) is 19.5. The van der Waals surface area contributed by atoms with Gasteiger partial charge in [0.15, 0.2) is 0 Å². The number of aryl methyl sites for hydroxylation is 1. The van der Waals surface area contributed by atoms with Gasteiger partial charge >= 0.3 is 5.69 Å². The highest BCUT2D eigenvalue weighted by atomic mass is 16.5. The molecule has 0 radical (unpaired) electrons. The molecule has 1 amide bonds. The highest BCUT2D eigenvalue weighted by Crippen LogP contribution is 2.30. The van der Waals surface area contributed by atoms with Gasteiger partial charge in [0.1, 0.15) is 6.10 Å². The molecule has 0 bridgehead atoms. The molecule has 0 unspecified atom stereocenters. The van der Waals surface area contributed by atoms with Gasteiger partial charge in [0.25, 0.3) is 0 Å². The van der Waals surface area contributed by atoms with Crippen LogP contribution in [0.15, 0.2) is 59.4 Å². The maximum atomic E-state index is 13.0. The van der Waals surface area contributed by atoms with Gasteiger partial charge in [-0.15, -0.1) is 0 Å². The lowest BCUT2D eigenvalue weighted by molar-refractivity contribution is -0.150. The molecule has 1 aliphatic heterocycles. The molecule has 7 heteroatoms. The molecule has 1 fully saturated rings. The first-order valence-electron chi connectivity index (χ1n) is 9.43. The number of nitrogens with zero attached hydrogens (tertiary/aromatic N) is 2. The first-order chi connectivity index (χ1) is 13.7. The van der Waals surface area contributed by atoms with Gasteiger partial charge in [0, 0.05) is 19.5 Å². The number of nitrogens with one attached hydrogen (secondary N) is 1. The second-order valence-corrected chi connectivity index (χ2v) is 6.88. The number of imidazole rings is 1. The molecule has 0 saturated carbocycles. The van der Waals surface area contributed by atoms with Crippen LogP contribution >= 0.6 is 0 Å². The molecule has 1 aromatic heterocycles. The molecule has 1 aliphatic rings. The fourth-order valence-electron chi connectivity index (χ4n) is 3.89. The van der Waals surface area contributed by atoms with Crippen LogP contribution in [0.3, 0.4) is 0 Å². The minimum atomic E-state index is -0.462. The SMILES string of the molecule is O=C(CCn1c(=O)[nH]c2ccccc21)N1CCO[C@@H](CO)[C@@H]1c1ccccc1. The lowest BCUT2D eigenvalue weighted by Crippen LogP contribution is -2.49. The Morgan fingerprint density at radius 3 is 2.68 bits per heavy atom. The van der Waals surface area contributed by atoms with Gasteiger partial charge in [-0.05, 0) is 17.7 Å². The van der Waals surface area contributed by atoms with Crippen molar-refractivity contribution in [3.63, 3.8) is 0 Å². The van der Waals surface area contributed by atoms with Gasteiger partial charge in [-0.3, -0.25) is 9.36 Å². The number of hydrogen-bond acceptors (Lipinski definition) is 4. The van der Waals surface area contributed by atoms with Crippen molar-refractivity contribution in [2.24, 2.45) is 0 Å². The first kappa shape index (κ1) is 18.5. The zero-order valence-corrected chi connectivity index (χ0v) is 15.5. The van der Waals surface area contributed by atoms with Crippen molar-refractivity contribution in [1.29, 1.82) is 0 Å². The molecule has 4 rings (SSSR count). The van der Waals surface area contributed by atoms with E-state index in [-0.39, 0.29) is 30.7 Å². The highest BCUT2D eigenvalue weighted by molar-refractivity contribution is 5.78. The normalized spacial score (nSPS) is 19.8. The smallest absolute Gasteiger partial charge is 0.326 e. The molecular formula is C21H23N3O4. The van der Waals surface area contributed by atoms with Crippen LogP contribution in [0, 0.1) is 0 Å². The number of hydrogen-bond donors (Lipinski definition) is 2. The Kier molecular flexibility index (Phi) is 5.27. The Bertz CT molecular complexity index is 1010. The Labute approximate surface area is 162 Å². The summed E-state index contributed by atoms with van der Waals surface area (Å²) in [5.74, 6) is -0.0622. The lowest BCUT2D eigenvalue weighted by atomic mass is 9.98. The standard InChI is InChI=1S/C21H23N3O4/c25-14-18-20(15-6-2-1-3-7-15)24(12-13-28-18)19(26)10-11-23-17-9-5-4-8-16(17)22-21(23)27/h1-9,18,20,25H,10-14H2,(H,22,27)/t18-,20-/m0/s1. The highest BCUT2D eigenvalue weighted by Gasteiger charge is 2.35. The summed E-state index contributed by atoms with van der Waals surface area (Å²) >= 11 is 0. The van der Waals surface area contributed by atoms with Gasteiger partial charge in [0.05, 0.1) is 30.3 Å². The summed E-state index contributed by atoms with van der Waals surface area (Å²) in [5, 5.41) is 9.74. The summed E-state index contributed by atoms with van der Waals surface area (Å²) in [6, 6.07) is 16.7. The number of aromatic nitrogens is 2. The van der Waals surface area contributed by atoms with Crippen molar-refractivity contribution in [1.82, 2.24) is 14.5 Å². The van der Waals surface area contributed by atoms with Crippen molar-refractivity contribution in [3.8, 4) is 0 Å². The average molecular weight is 381 g/mol. The van der Waals surface area contributed by atoms with Crippen LogP contribution in [0.2, 0.25) is 0 Å². The van der Waals surface area contributed by atoms with Crippen molar-refractivity contribution < 1.29 is 14.6 Å². The summed E-state index contributed by atoms with van der Waals surface area (Å²) in [5.41, 5.74) is 2.26. The van der Waals surface area contributed by atoms with Crippen LogP contribution in [-0.2, 0) is 16.1 Å². The lowest BCUT2D eigenvalue weighted by Gasteiger charge is -2.41. The van der Waals surface area contributed by atoms with E-state index >= 15 is 0 Å². The Hall–Kier alpha value is -2.90. The van der Waals surface area contributed by atoms with Gasteiger partial charge in [-0.25, -0.2) is 4.79 Å². The maximum Gasteiger partial charge on any atom is 0.326 e. The van der Waals surface area contributed by atoms with Crippen LogP contribution in [0.1, 0.15) is 18.0 Å². The van der Waals surface area contributed by atoms with E-state index in [0.717, 1.165) is 16.6 Å². The number of aliphatic hydroxyl groups is 1. The first-order valence-corrected chi connectivity index (χ1v) is 9.43. The number of rotatable bonds is 5. The maximum absolute atomic E-state index is 13.0. The van der Waals surface area contributed by atoms with E-state index in [9.17, 15) is 14.7 Å². The van der Waals surface area contributed by atoms with E-state index in [1.165, 1.54) is 0 Å². The van der Waals surface area contributed by atoms with Crippen molar-refractivity contribution in [2.45, 2.75) is 25.1 Å². The minimum Gasteiger partial charge on any atom is -0.394 e. The molecule has 2 atom stereocenters. The van der Waals surface area contributed by atoms with E-state index in [0.29, 0.717) is 19.7 Å². The van der Waals surface area contributed by atoms with E-state index in [4.69, 9.17) is 4.74 Å². The molecule has 0 spiro atoms. The van der Waals surface area contributed by atoms with E-state index in [2.05, 4.69) is 4.98 Å². The van der Waals surface area contributed by atoms with Crippen molar-refractivity contribution in [3.05, 3.63) is 70.6 Å². The van der Waals surface area contributed by atoms with Crippen LogP contribution in [0.25, 0.3) is 11.0 Å². The number of benzene rings is 2. The Morgan fingerprint density at radius 1 is 1.14 bits per heavy atom. The number of aliphatic hydroxyl groups excluding tert-OH is 1. The van der Waals surface area contributed by atoms with Crippen molar-refractivity contribution in [2.75, 3.05) is 19.8 Å². The third kappa shape index (κ3) is 3.46. The van der Waals surface area contributed by atoms with Gasteiger partial charge in [-0.2, -0.15) is 0 Å². The molecule has 146 valence electrons. The van der Waals surface area contributed by atoms with Crippen LogP contribution in [-0.4, -0.2) is 51.3 Å². The Morgan fingerprint density at radius 2 is 1.89 bits per heavy atom. The number of fused-ring (bicyclic) bond motifs is 1. The third-order valence-corrected chi connectivity index (χ3v) is 5.22. The van der Waals surface area contributed by atoms with Gasteiger partial charge < -0.3 is 19.7 Å². The predicted octanol–water partition coefficient (Wildman–Crippen LogP) is 1.68. The minimum absolute atomic E-state index is 0.0622.